The number of aliphatic hydroxyl groups is 1. The molecule has 0 aliphatic heterocycles. The molecule has 0 radical (unpaired) electrons. The molecule has 0 fully saturated rings. The minimum Gasteiger partial charge on any atom is -0.463 e. The second kappa shape index (κ2) is 42.3. The molecule has 0 aliphatic rings. The number of ether oxygens (including phenoxy) is 1. The molecule has 2 unspecified atom stereocenters. The molecule has 0 heterocycles. The fourth-order valence-corrected chi connectivity index (χ4v) is 5.80. The third-order valence-corrected chi connectivity index (χ3v) is 9.18. The lowest BCUT2D eigenvalue weighted by Crippen LogP contribution is -2.27. The average Bonchev–Trinajstić information content (AvgIpc) is 3.20. The van der Waals surface area contributed by atoms with Gasteiger partial charge in [-0.1, -0.05) is 142 Å². The number of carbonyl (C=O) groups is 2. The second-order valence-corrected chi connectivity index (χ2v) is 15.0. The van der Waals surface area contributed by atoms with Crippen molar-refractivity contribution in [3.8, 4) is 0 Å². The molecule has 1 amide bonds. The molecule has 9 nitrogen and oxygen atoms in total. The van der Waals surface area contributed by atoms with Gasteiger partial charge in [0, 0.05) is 19.4 Å². The van der Waals surface area contributed by atoms with Crippen LogP contribution >= 0.6 is 7.82 Å². The van der Waals surface area contributed by atoms with E-state index in [9.17, 15) is 24.2 Å². The van der Waals surface area contributed by atoms with Gasteiger partial charge in [-0.25, -0.2) is 4.57 Å². The number of phosphoric ester groups is 1. The van der Waals surface area contributed by atoms with Crippen LogP contribution in [0.4, 0.5) is 0 Å². The molecular weight excluding hydrogens is 737 g/mol. The van der Waals surface area contributed by atoms with Gasteiger partial charge in [0.15, 0.2) is 0 Å². The average molecular weight is 814 g/mol. The van der Waals surface area contributed by atoms with E-state index in [4.69, 9.17) is 13.8 Å². The highest BCUT2D eigenvalue weighted by molar-refractivity contribution is 7.47. The van der Waals surface area contributed by atoms with Gasteiger partial charge in [0.2, 0.25) is 5.91 Å². The van der Waals surface area contributed by atoms with Crippen LogP contribution in [0.1, 0.15) is 142 Å². The molecule has 322 valence electrons. The lowest BCUT2D eigenvalue weighted by atomic mass is 10.1. The van der Waals surface area contributed by atoms with Crippen molar-refractivity contribution in [2.24, 2.45) is 0 Å². The fraction of sp³-hybridized carbons (Fsp3) is 0.574. The minimum absolute atomic E-state index is 0.0482. The fourth-order valence-electron chi connectivity index (χ4n) is 5.04. The second-order valence-electron chi connectivity index (χ2n) is 13.5. The van der Waals surface area contributed by atoms with E-state index in [2.05, 4.69) is 129 Å². The molecule has 0 aromatic heterocycles. The topological polar surface area (TPSA) is 131 Å². The van der Waals surface area contributed by atoms with E-state index in [-0.39, 0.29) is 32.1 Å². The highest BCUT2D eigenvalue weighted by Gasteiger charge is 2.23. The number of phosphoric acid groups is 1. The molecule has 0 aromatic rings. The first-order chi connectivity index (χ1) is 27.8. The summed E-state index contributed by atoms with van der Waals surface area (Å²) in [7, 11) is -4.44. The lowest BCUT2D eigenvalue weighted by Gasteiger charge is -2.15. The Bertz CT molecular complexity index is 1290. The van der Waals surface area contributed by atoms with Gasteiger partial charge in [-0.15, -0.1) is 0 Å². The van der Waals surface area contributed by atoms with Crippen LogP contribution in [0.25, 0.3) is 0 Å². The molecule has 0 spiro atoms. The van der Waals surface area contributed by atoms with Crippen LogP contribution in [0.3, 0.4) is 0 Å². The Morgan fingerprint density at radius 3 is 1.44 bits per heavy atom. The molecule has 57 heavy (non-hydrogen) atoms. The highest BCUT2D eigenvalue weighted by Crippen LogP contribution is 2.42. The van der Waals surface area contributed by atoms with Crippen molar-refractivity contribution in [1.29, 1.82) is 0 Å². The van der Waals surface area contributed by atoms with Crippen LogP contribution in [0.5, 0.6) is 0 Å². The zero-order valence-corrected chi connectivity index (χ0v) is 36.1. The van der Waals surface area contributed by atoms with E-state index < -0.39 is 26.5 Å². The number of esters is 1. The molecule has 0 aromatic carbocycles. The number of nitrogens with one attached hydrogen (secondary N) is 1. The van der Waals surface area contributed by atoms with E-state index in [1.165, 1.54) is 0 Å². The molecule has 3 N–H and O–H groups in total. The Morgan fingerprint density at radius 2 is 0.947 bits per heavy atom. The van der Waals surface area contributed by atoms with Gasteiger partial charge in [-0.05, 0) is 96.3 Å². The zero-order valence-electron chi connectivity index (χ0n) is 35.2. The Kier molecular flexibility index (Phi) is 39.8. The molecule has 10 heteroatoms. The number of hydrogen-bond donors (Lipinski definition) is 3. The van der Waals surface area contributed by atoms with Crippen molar-refractivity contribution >= 4 is 19.7 Å². The Hall–Kier alpha value is -3.33. The normalized spacial score (nSPS) is 14.4. The first-order valence-corrected chi connectivity index (χ1v) is 22.9. The minimum atomic E-state index is -4.44. The van der Waals surface area contributed by atoms with Crippen LogP contribution in [-0.2, 0) is 27.9 Å². The largest absolute Gasteiger partial charge is 0.472 e. The van der Waals surface area contributed by atoms with E-state index in [0.717, 1.165) is 109 Å². The van der Waals surface area contributed by atoms with E-state index in [1.807, 2.05) is 0 Å². The van der Waals surface area contributed by atoms with Gasteiger partial charge in [0.1, 0.15) is 12.7 Å². The van der Waals surface area contributed by atoms with Crippen molar-refractivity contribution in [2.75, 3.05) is 26.4 Å². The predicted octanol–water partition coefficient (Wildman–Crippen LogP) is 12.0. The molecular formula is C47H76NO8P. The molecule has 0 saturated carbocycles. The summed E-state index contributed by atoms with van der Waals surface area (Å²) in [4.78, 5) is 33.9. The lowest BCUT2D eigenvalue weighted by molar-refractivity contribution is -0.147. The molecule has 0 rings (SSSR count). The smallest absolute Gasteiger partial charge is 0.463 e. The van der Waals surface area contributed by atoms with Gasteiger partial charge in [0.05, 0.1) is 13.2 Å². The van der Waals surface area contributed by atoms with Gasteiger partial charge in [-0.2, -0.15) is 0 Å². The number of allylic oxidation sites excluding steroid dienone is 18. The predicted molar refractivity (Wildman–Crippen MR) is 238 cm³/mol. The van der Waals surface area contributed by atoms with Crippen LogP contribution in [0, 0.1) is 0 Å². The van der Waals surface area contributed by atoms with Gasteiger partial charge in [0.25, 0.3) is 0 Å². The quantitative estimate of drug-likeness (QED) is 0.0243. The van der Waals surface area contributed by atoms with Gasteiger partial charge < -0.3 is 20.1 Å². The Morgan fingerprint density at radius 1 is 0.544 bits per heavy atom. The van der Waals surface area contributed by atoms with Crippen molar-refractivity contribution < 1.29 is 37.9 Å². The van der Waals surface area contributed by atoms with Crippen molar-refractivity contribution in [1.82, 2.24) is 5.32 Å². The maximum absolute atomic E-state index is 12.1. The molecule has 0 aliphatic carbocycles. The number of aliphatic hydroxyl groups excluding tert-OH is 1. The molecule has 0 saturated heterocycles. The molecule has 0 bridgehead atoms. The summed E-state index contributed by atoms with van der Waals surface area (Å²) in [5.74, 6) is -0.589. The first kappa shape index (κ1) is 53.7. The summed E-state index contributed by atoms with van der Waals surface area (Å²) in [6.45, 7) is 3.22. The van der Waals surface area contributed by atoms with Crippen LogP contribution < -0.4 is 5.32 Å². The third kappa shape index (κ3) is 43.6. The maximum Gasteiger partial charge on any atom is 0.472 e. The zero-order chi connectivity index (χ0) is 41.8. The van der Waals surface area contributed by atoms with Crippen molar-refractivity contribution in [3.63, 3.8) is 0 Å². The van der Waals surface area contributed by atoms with Crippen LogP contribution in [-0.4, -0.2) is 54.3 Å². The number of amides is 1. The summed E-state index contributed by atoms with van der Waals surface area (Å²) in [5.41, 5.74) is 0. The monoisotopic (exact) mass is 814 g/mol. The van der Waals surface area contributed by atoms with Crippen molar-refractivity contribution in [3.05, 3.63) is 109 Å². The summed E-state index contributed by atoms with van der Waals surface area (Å²) in [6.07, 6.45) is 55.9. The number of carbonyl (C=O) groups excluding carboxylic acids is 2. The van der Waals surface area contributed by atoms with Crippen molar-refractivity contribution in [2.45, 2.75) is 148 Å². The van der Waals surface area contributed by atoms with Gasteiger partial charge in [-0.3, -0.25) is 18.6 Å². The number of hydrogen-bond acceptors (Lipinski definition) is 7. The van der Waals surface area contributed by atoms with Crippen LogP contribution in [0.15, 0.2) is 109 Å². The Labute approximate surface area is 346 Å². The maximum atomic E-state index is 12.1. The first-order valence-electron chi connectivity index (χ1n) is 21.4. The summed E-state index contributed by atoms with van der Waals surface area (Å²) >= 11 is 0. The SMILES string of the molecule is CC/C=C\C/C=C\C/C=C\C/C=C\C/C=C\C/C=C\CCCCC(=O)NCCOP(=O)(O)OCC(O)COC(=O)CCCCCCC/C=C\C/C=C\C/C=C\CC. The highest BCUT2D eigenvalue weighted by atomic mass is 31.2. The third-order valence-electron chi connectivity index (χ3n) is 8.20. The molecule has 2 atom stereocenters. The standard InChI is InChI=1S/C47H76NO8P/c1-3-5-7-9-11-13-15-17-19-20-21-22-23-24-26-27-29-31-33-35-37-39-46(50)48-41-42-55-57(52,53)56-44-45(49)43-54-47(51)40-38-36-34-32-30-28-25-18-16-14-12-10-8-6-4-2/h5-8,11-14,17-19,21-22,24-26,29,31,45,49H,3-4,9-10,15-16,20,23,27-28,30,32-44H2,1-2H3,(H,48,50)(H,52,53)/b7-5-,8-6-,13-11-,14-12-,19-17-,22-21-,25-18-,26-24-,31-29-. The summed E-state index contributed by atoms with van der Waals surface area (Å²) in [5, 5.41) is 12.7. The summed E-state index contributed by atoms with van der Waals surface area (Å²) in [6, 6.07) is 0. The summed E-state index contributed by atoms with van der Waals surface area (Å²) < 4.78 is 26.8. The van der Waals surface area contributed by atoms with Gasteiger partial charge >= 0.3 is 13.8 Å². The van der Waals surface area contributed by atoms with E-state index >= 15 is 0 Å². The van der Waals surface area contributed by atoms with Crippen LogP contribution in [0.2, 0.25) is 0 Å². The Balaban J connectivity index is 3.74. The number of rotatable bonds is 38. The van der Waals surface area contributed by atoms with E-state index in [0.29, 0.717) is 12.8 Å². The van der Waals surface area contributed by atoms with E-state index in [1.54, 1.807) is 0 Å². The number of unbranched alkanes of at least 4 members (excludes halogenated alkanes) is 7.